The van der Waals surface area contributed by atoms with Crippen molar-refractivity contribution in [3.8, 4) is 0 Å². The zero-order chi connectivity index (χ0) is 21.3. The first-order valence-electron chi connectivity index (χ1n) is 9.79. The van der Waals surface area contributed by atoms with E-state index >= 15 is 0 Å². The number of carbonyl (C=O) groups excluding carboxylic acids is 2. The molecule has 30 heavy (non-hydrogen) atoms. The Balaban J connectivity index is 1.44. The predicted octanol–water partition coefficient (Wildman–Crippen LogP) is 2.40. The number of cyclic esters (lactones) is 1. The average molecular weight is 412 g/mol. The second-order valence-corrected chi connectivity index (χ2v) is 7.53. The average Bonchev–Trinajstić information content (AvgIpc) is 3.42. The van der Waals surface area contributed by atoms with E-state index in [1.165, 1.54) is 18.1 Å². The molecule has 4 rings (SSSR count). The van der Waals surface area contributed by atoms with E-state index in [9.17, 15) is 9.59 Å². The first-order valence-corrected chi connectivity index (χ1v) is 9.79. The third-order valence-corrected chi connectivity index (χ3v) is 5.13. The van der Waals surface area contributed by atoms with Gasteiger partial charge in [-0.2, -0.15) is 0 Å². The van der Waals surface area contributed by atoms with Crippen molar-refractivity contribution in [1.29, 1.82) is 0 Å². The largest absolute Gasteiger partial charge is 0.459 e. The van der Waals surface area contributed by atoms with Gasteiger partial charge < -0.3 is 14.2 Å². The summed E-state index contributed by atoms with van der Waals surface area (Å²) in [5.41, 5.74) is 5.93. The molecule has 3 heterocycles. The lowest BCUT2D eigenvalue weighted by molar-refractivity contribution is -0.142. The summed E-state index contributed by atoms with van der Waals surface area (Å²) in [6, 6.07) is 4.02. The van der Waals surface area contributed by atoms with Crippen molar-refractivity contribution in [3.63, 3.8) is 0 Å². The number of rotatable bonds is 6. The Kier molecular flexibility index (Phi) is 5.54. The van der Waals surface area contributed by atoms with Crippen molar-refractivity contribution in [2.45, 2.75) is 40.0 Å². The summed E-state index contributed by atoms with van der Waals surface area (Å²) < 4.78 is 17.5. The smallest absolute Gasteiger partial charge is 0.414 e. The van der Waals surface area contributed by atoms with E-state index in [0.29, 0.717) is 32.0 Å². The maximum absolute atomic E-state index is 12.5. The Morgan fingerprint density at radius 3 is 2.73 bits per heavy atom. The van der Waals surface area contributed by atoms with Crippen LogP contribution in [0.25, 0.3) is 5.57 Å². The molecule has 1 amide bonds. The van der Waals surface area contributed by atoms with E-state index < -0.39 is 0 Å². The molecule has 0 spiro atoms. The molecule has 1 saturated heterocycles. The normalized spacial score (nSPS) is 18.5. The zero-order valence-electron chi connectivity index (χ0n) is 17.3. The molecule has 0 bridgehead atoms. The minimum atomic E-state index is -0.379. The van der Waals surface area contributed by atoms with Crippen molar-refractivity contribution >= 4 is 23.3 Å². The maximum atomic E-state index is 12.5. The molecule has 1 aromatic carbocycles. The van der Waals surface area contributed by atoms with Crippen molar-refractivity contribution in [3.05, 3.63) is 46.8 Å². The number of amides is 1. The van der Waals surface area contributed by atoms with E-state index in [1.54, 1.807) is 15.8 Å². The summed E-state index contributed by atoms with van der Waals surface area (Å²) >= 11 is 0. The highest BCUT2D eigenvalue weighted by molar-refractivity contribution is 5.90. The molecule has 1 aromatic heterocycles. The number of carbonyl (C=O) groups is 2. The molecule has 2 aromatic rings. The van der Waals surface area contributed by atoms with Gasteiger partial charge >= 0.3 is 12.1 Å². The van der Waals surface area contributed by atoms with Gasteiger partial charge in [0.15, 0.2) is 0 Å². The Morgan fingerprint density at radius 1 is 1.30 bits per heavy atom. The second-order valence-electron chi connectivity index (χ2n) is 7.53. The number of benzene rings is 1. The lowest BCUT2D eigenvalue weighted by atomic mass is 9.95. The van der Waals surface area contributed by atoms with Crippen molar-refractivity contribution < 1.29 is 23.8 Å². The van der Waals surface area contributed by atoms with E-state index in [0.717, 1.165) is 16.8 Å². The van der Waals surface area contributed by atoms with Crippen LogP contribution in [0.5, 0.6) is 0 Å². The van der Waals surface area contributed by atoms with Crippen LogP contribution < -0.4 is 4.90 Å². The summed E-state index contributed by atoms with van der Waals surface area (Å²) in [5, 5.41) is 7.98. The third kappa shape index (κ3) is 4.20. The Bertz CT molecular complexity index is 990. The maximum Gasteiger partial charge on any atom is 0.414 e. The molecule has 2 aliphatic heterocycles. The molecule has 1 fully saturated rings. The van der Waals surface area contributed by atoms with Crippen LogP contribution in [0.15, 0.2) is 24.4 Å². The number of aromatic nitrogens is 3. The lowest BCUT2D eigenvalue weighted by Crippen LogP contribution is -2.26. The fourth-order valence-electron chi connectivity index (χ4n) is 3.87. The summed E-state index contributed by atoms with van der Waals surface area (Å²) in [7, 11) is 0. The van der Waals surface area contributed by atoms with Gasteiger partial charge in [0.1, 0.15) is 18.4 Å². The first-order chi connectivity index (χ1) is 14.4. The molecule has 1 atom stereocenters. The molecule has 158 valence electrons. The molecule has 9 nitrogen and oxygen atoms in total. The molecule has 0 saturated carbocycles. The highest BCUT2D eigenvalue weighted by atomic mass is 16.6. The first kappa shape index (κ1) is 20.1. The van der Waals surface area contributed by atoms with Gasteiger partial charge in [0.05, 0.1) is 32.5 Å². The van der Waals surface area contributed by atoms with Gasteiger partial charge in [0.2, 0.25) is 0 Å². The molecule has 9 heteroatoms. The van der Waals surface area contributed by atoms with Crippen molar-refractivity contribution in [1.82, 2.24) is 15.0 Å². The Labute approximate surface area is 174 Å². The number of hydrogen-bond donors (Lipinski definition) is 0. The molecule has 1 unspecified atom stereocenters. The van der Waals surface area contributed by atoms with Gasteiger partial charge in [-0.1, -0.05) is 11.3 Å². The molecule has 0 radical (unpaired) electrons. The van der Waals surface area contributed by atoms with Crippen LogP contribution in [0.2, 0.25) is 0 Å². The van der Waals surface area contributed by atoms with Crippen LogP contribution in [0, 0.1) is 13.8 Å². The minimum Gasteiger partial charge on any atom is -0.459 e. The summed E-state index contributed by atoms with van der Waals surface area (Å²) in [6.45, 7) is 7.54. The highest BCUT2D eigenvalue weighted by Gasteiger charge is 2.33. The monoisotopic (exact) mass is 412 g/mol. The molecule has 2 aliphatic rings. The Hall–Kier alpha value is -3.20. The molecular formula is C21H24N4O5. The number of esters is 1. The van der Waals surface area contributed by atoms with E-state index in [1.807, 2.05) is 26.0 Å². The van der Waals surface area contributed by atoms with E-state index in [2.05, 4.69) is 16.4 Å². The van der Waals surface area contributed by atoms with Crippen LogP contribution >= 0.6 is 0 Å². The topological polar surface area (TPSA) is 95.8 Å². The van der Waals surface area contributed by atoms with Gasteiger partial charge in [-0.25, -0.2) is 9.48 Å². The van der Waals surface area contributed by atoms with Crippen LogP contribution in [0.4, 0.5) is 10.5 Å². The quantitative estimate of drug-likeness (QED) is 0.672. The van der Waals surface area contributed by atoms with Gasteiger partial charge in [0.25, 0.3) is 0 Å². The van der Waals surface area contributed by atoms with Crippen LogP contribution in [0.1, 0.15) is 29.3 Å². The van der Waals surface area contributed by atoms with E-state index in [4.69, 9.17) is 14.2 Å². The molecule has 0 aliphatic carbocycles. The summed E-state index contributed by atoms with van der Waals surface area (Å²) in [6.07, 6.45) is 3.05. The lowest BCUT2D eigenvalue weighted by Gasteiger charge is -2.18. The van der Waals surface area contributed by atoms with Crippen LogP contribution in [0.3, 0.4) is 0 Å². The molecular weight excluding hydrogens is 388 g/mol. The van der Waals surface area contributed by atoms with E-state index in [-0.39, 0.29) is 24.8 Å². The predicted molar refractivity (Wildman–Crippen MR) is 108 cm³/mol. The zero-order valence-corrected chi connectivity index (χ0v) is 17.3. The Morgan fingerprint density at radius 2 is 2.07 bits per heavy atom. The fourth-order valence-corrected chi connectivity index (χ4v) is 3.87. The fraction of sp³-hybridized carbons (Fsp3) is 0.429. The minimum absolute atomic E-state index is 0.0677. The van der Waals surface area contributed by atoms with Crippen molar-refractivity contribution in [2.24, 2.45) is 0 Å². The summed E-state index contributed by atoms with van der Waals surface area (Å²) in [4.78, 5) is 25.0. The highest BCUT2D eigenvalue weighted by Crippen LogP contribution is 2.32. The third-order valence-electron chi connectivity index (χ3n) is 5.13. The number of aryl methyl sites for hydroxylation is 2. The van der Waals surface area contributed by atoms with Crippen molar-refractivity contribution in [2.75, 3.05) is 24.7 Å². The number of nitrogens with zero attached hydrogens (tertiary/aromatic N) is 4. The van der Waals surface area contributed by atoms with Gasteiger partial charge in [0, 0.05) is 12.6 Å². The number of hydrogen-bond acceptors (Lipinski definition) is 7. The standard InChI is InChI=1S/C21H24N4O5/c1-13-6-18(7-14(2)20(13)16-4-5-28-11-16)25-10-19(30-21(25)27)9-24-8-17(22-23-24)12-29-15(3)26/h4,6-8,19H,5,9-12H2,1-3H3. The number of ether oxygens (including phenoxy) is 3. The molecule has 0 N–H and O–H groups in total. The van der Waals surface area contributed by atoms with Gasteiger partial charge in [-0.05, 0) is 48.2 Å². The summed E-state index contributed by atoms with van der Waals surface area (Å²) in [5.74, 6) is -0.377. The van der Waals surface area contributed by atoms with Gasteiger partial charge in [-0.15, -0.1) is 5.10 Å². The van der Waals surface area contributed by atoms with Gasteiger partial charge in [-0.3, -0.25) is 9.69 Å². The SMILES string of the molecule is CC(=O)OCc1cn(CC2CN(c3cc(C)c(C4=CCOC4)c(C)c3)C(=O)O2)nn1. The van der Waals surface area contributed by atoms with Crippen LogP contribution in [-0.2, 0) is 32.2 Å². The number of anilines is 1. The van der Waals surface area contributed by atoms with Crippen LogP contribution in [-0.4, -0.2) is 52.9 Å². The second kappa shape index (κ2) is 8.27.